The van der Waals surface area contributed by atoms with Gasteiger partial charge in [-0.1, -0.05) is 19.1 Å². The van der Waals surface area contributed by atoms with Crippen LogP contribution < -0.4 is 10.6 Å². The van der Waals surface area contributed by atoms with Gasteiger partial charge in [-0.2, -0.15) is 5.10 Å². The fraction of sp³-hybridized carbons (Fsp3) is 0.500. The zero-order chi connectivity index (χ0) is 20.6. The number of rotatable bonds is 7. The topological polar surface area (TPSA) is 74.6 Å². The van der Waals surface area contributed by atoms with Crippen LogP contribution in [0.2, 0.25) is 0 Å². The van der Waals surface area contributed by atoms with E-state index < -0.39 is 0 Å². The lowest BCUT2D eigenvalue weighted by molar-refractivity contribution is -0.116. The van der Waals surface area contributed by atoms with Gasteiger partial charge >= 0.3 is 0 Å². The second-order valence-electron chi connectivity index (χ2n) is 7.54. The van der Waals surface area contributed by atoms with Crippen molar-refractivity contribution in [2.24, 2.45) is 12.0 Å². The molecule has 1 atom stereocenters. The maximum Gasteiger partial charge on any atom is 0.224 e. The van der Waals surface area contributed by atoms with Crippen molar-refractivity contribution >= 4 is 17.6 Å². The van der Waals surface area contributed by atoms with E-state index in [4.69, 9.17) is 4.99 Å². The van der Waals surface area contributed by atoms with Gasteiger partial charge < -0.3 is 15.5 Å². The second kappa shape index (κ2) is 10.1. The summed E-state index contributed by atoms with van der Waals surface area (Å²) in [6.07, 6.45) is 6.60. The van der Waals surface area contributed by atoms with E-state index in [9.17, 15) is 4.79 Å². The van der Waals surface area contributed by atoms with Crippen LogP contribution >= 0.6 is 0 Å². The first-order chi connectivity index (χ1) is 14.1. The molecule has 2 heterocycles. The Kier molecular flexibility index (Phi) is 7.27. The highest BCUT2D eigenvalue weighted by molar-refractivity contribution is 5.90. The van der Waals surface area contributed by atoms with E-state index >= 15 is 0 Å². The number of nitrogens with one attached hydrogen (secondary N) is 2. The lowest BCUT2D eigenvalue weighted by Crippen LogP contribution is -2.40. The number of likely N-dealkylation sites (tertiary alicyclic amines) is 1. The Hall–Kier alpha value is -2.83. The standard InChI is InChI=1S/C22H32N6O/c1-4-6-21(29)26-20-9-7-17(8-10-20)13-24-22(23-5-2)28-12-11-18(16-28)19-14-25-27(3)15-19/h7-10,14-15,18H,4-6,11-13,16H2,1-3H3,(H,23,24)(H,26,29). The molecule has 2 aromatic rings. The van der Waals surface area contributed by atoms with E-state index in [1.807, 2.05) is 49.1 Å². The monoisotopic (exact) mass is 396 g/mol. The van der Waals surface area contributed by atoms with E-state index in [0.717, 1.165) is 49.7 Å². The van der Waals surface area contributed by atoms with Crippen LogP contribution in [-0.2, 0) is 18.4 Å². The minimum absolute atomic E-state index is 0.0601. The van der Waals surface area contributed by atoms with E-state index in [1.54, 1.807) is 0 Å². The molecule has 0 aliphatic carbocycles. The van der Waals surface area contributed by atoms with Gasteiger partial charge in [-0.05, 0) is 43.0 Å². The van der Waals surface area contributed by atoms with Crippen LogP contribution in [0, 0.1) is 0 Å². The van der Waals surface area contributed by atoms with Gasteiger partial charge in [-0.3, -0.25) is 9.48 Å². The first-order valence-corrected chi connectivity index (χ1v) is 10.5. The molecule has 0 spiro atoms. The van der Waals surface area contributed by atoms with Gasteiger partial charge in [0.1, 0.15) is 0 Å². The van der Waals surface area contributed by atoms with Crippen LogP contribution in [0.3, 0.4) is 0 Å². The number of hydrogen-bond acceptors (Lipinski definition) is 3. The summed E-state index contributed by atoms with van der Waals surface area (Å²) in [5, 5.41) is 10.6. The van der Waals surface area contributed by atoms with Crippen molar-refractivity contribution in [1.29, 1.82) is 0 Å². The zero-order valence-corrected chi connectivity index (χ0v) is 17.7. The highest BCUT2D eigenvalue weighted by Gasteiger charge is 2.26. The maximum absolute atomic E-state index is 11.7. The molecule has 7 nitrogen and oxygen atoms in total. The number of hydrogen-bond donors (Lipinski definition) is 2. The van der Waals surface area contributed by atoms with Crippen LogP contribution in [0.1, 0.15) is 50.2 Å². The second-order valence-corrected chi connectivity index (χ2v) is 7.54. The molecule has 0 saturated carbocycles. The van der Waals surface area contributed by atoms with Crippen molar-refractivity contribution in [3.05, 3.63) is 47.8 Å². The predicted octanol–water partition coefficient (Wildman–Crippen LogP) is 3.11. The molecule has 0 bridgehead atoms. The summed E-state index contributed by atoms with van der Waals surface area (Å²) in [5.41, 5.74) is 3.25. The Morgan fingerprint density at radius 2 is 2.07 bits per heavy atom. The van der Waals surface area contributed by atoms with Crippen molar-refractivity contribution in [2.45, 2.75) is 45.6 Å². The molecule has 1 aliphatic rings. The number of amides is 1. The Morgan fingerprint density at radius 1 is 1.28 bits per heavy atom. The van der Waals surface area contributed by atoms with Crippen LogP contribution in [-0.4, -0.2) is 46.2 Å². The summed E-state index contributed by atoms with van der Waals surface area (Å²) in [5.74, 6) is 1.52. The number of guanidine groups is 1. The summed E-state index contributed by atoms with van der Waals surface area (Å²) < 4.78 is 1.87. The van der Waals surface area contributed by atoms with Gasteiger partial charge in [0, 0.05) is 50.9 Å². The van der Waals surface area contributed by atoms with Crippen LogP contribution in [0.4, 0.5) is 5.69 Å². The number of aromatic nitrogens is 2. The molecule has 7 heteroatoms. The smallest absolute Gasteiger partial charge is 0.224 e. The number of carbonyl (C=O) groups excluding carboxylic acids is 1. The van der Waals surface area contributed by atoms with E-state index in [0.29, 0.717) is 18.9 Å². The summed E-state index contributed by atoms with van der Waals surface area (Å²) in [4.78, 5) is 18.9. The quantitative estimate of drug-likeness (QED) is 0.557. The van der Waals surface area contributed by atoms with E-state index in [2.05, 4.69) is 33.8 Å². The molecule has 156 valence electrons. The lowest BCUT2D eigenvalue weighted by atomic mass is 10.0. The zero-order valence-electron chi connectivity index (χ0n) is 17.7. The molecule has 0 radical (unpaired) electrons. The van der Waals surface area contributed by atoms with E-state index in [1.165, 1.54) is 5.56 Å². The third-order valence-electron chi connectivity index (χ3n) is 5.15. The molecule has 1 unspecified atom stereocenters. The third-order valence-corrected chi connectivity index (χ3v) is 5.15. The Balaban J connectivity index is 1.60. The van der Waals surface area contributed by atoms with Crippen molar-refractivity contribution in [3.63, 3.8) is 0 Å². The van der Waals surface area contributed by atoms with Gasteiger partial charge in [-0.15, -0.1) is 0 Å². The highest BCUT2D eigenvalue weighted by Crippen LogP contribution is 2.26. The molecule has 2 N–H and O–H groups in total. The van der Waals surface area contributed by atoms with Gasteiger partial charge in [0.15, 0.2) is 5.96 Å². The van der Waals surface area contributed by atoms with Crippen molar-refractivity contribution in [1.82, 2.24) is 20.0 Å². The van der Waals surface area contributed by atoms with Gasteiger partial charge in [0.25, 0.3) is 0 Å². The number of aliphatic imine (C=N–C) groups is 1. The number of benzene rings is 1. The fourth-order valence-electron chi connectivity index (χ4n) is 3.61. The predicted molar refractivity (Wildman–Crippen MR) is 117 cm³/mol. The minimum atomic E-state index is 0.0601. The summed E-state index contributed by atoms with van der Waals surface area (Å²) in [6.45, 7) is 7.50. The SMILES string of the molecule is CCCC(=O)Nc1ccc(CN=C(NCC)N2CCC(c3cnn(C)c3)C2)cc1. The molecule has 1 aliphatic heterocycles. The van der Waals surface area contributed by atoms with Crippen LogP contribution in [0.25, 0.3) is 0 Å². The Morgan fingerprint density at radius 3 is 2.72 bits per heavy atom. The average molecular weight is 397 g/mol. The number of nitrogens with zero attached hydrogens (tertiary/aromatic N) is 4. The van der Waals surface area contributed by atoms with Crippen LogP contribution in [0.5, 0.6) is 0 Å². The summed E-state index contributed by atoms with van der Waals surface area (Å²) in [6, 6.07) is 7.94. The Labute approximate surface area is 173 Å². The molecule has 1 aromatic carbocycles. The molecular weight excluding hydrogens is 364 g/mol. The maximum atomic E-state index is 11.7. The average Bonchev–Trinajstić information content (AvgIpc) is 3.35. The van der Waals surface area contributed by atoms with Crippen molar-refractivity contribution < 1.29 is 4.79 Å². The number of aryl methyl sites for hydroxylation is 1. The fourth-order valence-corrected chi connectivity index (χ4v) is 3.61. The third kappa shape index (κ3) is 5.82. The van der Waals surface area contributed by atoms with Gasteiger partial charge in [0.2, 0.25) is 5.91 Å². The molecule has 1 fully saturated rings. The normalized spacial score (nSPS) is 16.9. The highest BCUT2D eigenvalue weighted by atomic mass is 16.1. The summed E-state index contributed by atoms with van der Waals surface area (Å²) >= 11 is 0. The molecular formula is C22H32N6O. The lowest BCUT2D eigenvalue weighted by Gasteiger charge is -2.21. The summed E-state index contributed by atoms with van der Waals surface area (Å²) in [7, 11) is 1.96. The van der Waals surface area contributed by atoms with Crippen molar-refractivity contribution in [2.75, 3.05) is 25.0 Å². The van der Waals surface area contributed by atoms with Crippen LogP contribution in [0.15, 0.2) is 41.7 Å². The molecule has 1 saturated heterocycles. The number of carbonyl (C=O) groups is 1. The van der Waals surface area contributed by atoms with Gasteiger partial charge in [0.05, 0.1) is 12.7 Å². The largest absolute Gasteiger partial charge is 0.357 e. The van der Waals surface area contributed by atoms with E-state index in [-0.39, 0.29) is 5.91 Å². The molecule has 1 aromatic heterocycles. The first kappa shape index (κ1) is 20.9. The molecule has 1 amide bonds. The Bertz CT molecular complexity index is 826. The minimum Gasteiger partial charge on any atom is -0.357 e. The molecule has 29 heavy (non-hydrogen) atoms. The van der Waals surface area contributed by atoms with Gasteiger partial charge in [-0.25, -0.2) is 4.99 Å². The number of anilines is 1. The molecule has 3 rings (SSSR count). The first-order valence-electron chi connectivity index (χ1n) is 10.5. The van der Waals surface area contributed by atoms with Crippen molar-refractivity contribution in [3.8, 4) is 0 Å².